The van der Waals surface area contributed by atoms with Crippen LogP contribution in [-0.2, 0) is 27.5 Å². The van der Waals surface area contributed by atoms with E-state index in [0.29, 0.717) is 24.5 Å². The van der Waals surface area contributed by atoms with Gasteiger partial charge in [0.2, 0.25) is 0 Å². The first-order valence-electron chi connectivity index (χ1n) is 6.41. The summed E-state index contributed by atoms with van der Waals surface area (Å²) < 4.78 is 7.33. The molecule has 0 radical (unpaired) electrons. The topological polar surface area (TPSA) is 87.5 Å². The summed E-state index contributed by atoms with van der Waals surface area (Å²) in [6.45, 7) is 1.88. The van der Waals surface area contributed by atoms with E-state index in [1.165, 1.54) is 22.1 Å². The molecular weight excluding hydrogens is 317 g/mol. The molecule has 1 aromatic heterocycles. The molecule has 0 spiro atoms. The van der Waals surface area contributed by atoms with Gasteiger partial charge in [-0.25, -0.2) is 4.98 Å². The summed E-state index contributed by atoms with van der Waals surface area (Å²) in [5.74, 6) is -0.793. The Hall–Kier alpha value is -1.06. The largest absolute Gasteiger partial charge is 1.00 e. The van der Waals surface area contributed by atoms with E-state index in [2.05, 4.69) is 4.98 Å². The third-order valence-corrected chi connectivity index (χ3v) is 4.71. The number of fused-ring (bicyclic) bond motifs is 2. The SMILES string of the molecule is O=C([O-])C1=CS[C@@H]2C(=Cc3cn4c(n3)COCC4)C(=O)N12.[Na+]. The maximum atomic E-state index is 12.1. The van der Waals surface area contributed by atoms with Crippen molar-refractivity contribution >= 4 is 29.7 Å². The Morgan fingerprint density at radius 1 is 1.55 bits per heavy atom. The molecule has 1 saturated heterocycles. The molecule has 0 bridgehead atoms. The van der Waals surface area contributed by atoms with E-state index in [1.807, 2.05) is 10.8 Å². The van der Waals surface area contributed by atoms with E-state index in [1.54, 1.807) is 6.08 Å². The number of thioether (sulfide) groups is 1. The number of imidazole rings is 1. The standard InChI is InChI=1S/C13H11N3O4S.Na/c17-11-8(12-16(11)9(6-21-12)13(18)19)3-7-4-15-1-2-20-5-10(15)14-7;/h3-4,6,12H,1-2,5H2,(H,18,19);/q;+1/p-1/t12-;/m1./s1. The van der Waals surface area contributed by atoms with Crippen molar-refractivity contribution in [1.82, 2.24) is 14.5 Å². The molecule has 0 N–H and O–H groups in total. The van der Waals surface area contributed by atoms with Gasteiger partial charge in [-0.05, 0) is 11.5 Å². The summed E-state index contributed by atoms with van der Waals surface area (Å²) in [6, 6.07) is 0. The van der Waals surface area contributed by atoms with Crippen molar-refractivity contribution in [1.29, 1.82) is 0 Å². The quantitative estimate of drug-likeness (QED) is 0.316. The number of hydrogen-bond acceptors (Lipinski definition) is 6. The molecule has 3 aliphatic rings. The fourth-order valence-electron chi connectivity index (χ4n) is 2.60. The van der Waals surface area contributed by atoms with E-state index in [9.17, 15) is 14.7 Å². The van der Waals surface area contributed by atoms with Crippen LogP contribution in [0, 0.1) is 0 Å². The van der Waals surface area contributed by atoms with Gasteiger partial charge in [0.25, 0.3) is 5.91 Å². The van der Waals surface area contributed by atoms with Crippen LogP contribution in [0.2, 0.25) is 0 Å². The zero-order chi connectivity index (χ0) is 14.6. The molecular formula is C13H10N3NaO4S. The van der Waals surface area contributed by atoms with Crippen molar-refractivity contribution in [2.45, 2.75) is 18.5 Å². The summed E-state index contributed by atoms with van der Waals surface area (Å²) >= 11 is 1.29. The van der Waals surface area contributed by atoms with Crippen LogP contribution < -0.4 is 34.7 Å². The molecule has 108 valence electrons. The normalized spacial score (nSPS) is 24.3. The first-order chi connectivity index (χ1) is 10.1. The third kappa shape index (κ3) is 2.35. The molecule has 3 aliphatic heterocycles. The van der Waals surface area contributed by atoms with E-state index >= 15 is 0 Å². The van der Waals surface area contributed by atoms with Crippen molar-refractivity contribution in [2.75, 3.05) is 6.61 Å². The minimum absolute atomic E-state index is 0. The molecule has 4 heterocycles. The van der Waals surface area contributed by atoms with Gasteiger partial charge in [-0.15, -0.1) is 11.8 Å². The number of ether oxygens (including phenoxy) is 1. The van der Waals surface area contributed by atoms with Crippen LogP contribution in [0.25, 0.3) is 6.08 Å². The number of nitrogens with zero attached hydrogens (tertiary/aromatic N) is 3. The minimum atomic E-state index is -1.33. The second-order valence-corrected chi connectivity index (χ2v) is 5.84. The van der Waals surface area contributed by atoms with E-state index in [4.69, 9.17) is 4.74 Å². The predicted molar refractivity (Wildman–Crippen MR) is 71.2 cm³/mol. The van der Waals surface area contributed by atoms with Gasteiger partial charge < -0.3 is 19.2 Å². The van der Waals surface area contributed by atoms with Crippen LogP contribution in [0.1, 0.15) is 11.5 Å². The van der Waals surface area contributed by atoms with Gasteiger partial charge in [-0.3, -0.25) is 9.69 Å². The number of aromatic nitrogens is 2. The van der Waals surface area contributed by atoms with Crippen LogP contribution in [-0.4, -0.2) is 38.3 Å². The molecule has 0 unspecified atom stereocenters. The van der Waals surface area contributed by atoms with Crippen molar-refractivity contribution in [3.05, 3.63) is 34.4 Å². The van der Waals surface area contributed by atoms with Crippen molar-refractivity contribution < 1.29 is 49.0 Å². The fraction of sp³-hybridized carbons (Fsp3) is 0.308. The fourth-order valence-corrected chi connectivity index (χ4v) is 3.71. The number of carboxylic acid groups (broad SMARTS) is 1. The van der Waals surface area contributed by atoms with Gasteiger partial charge in [-0.1, -0.05) is 0 Å². The number of aliphatic carboxylic acids is 1. The summed E-state index contributed by atoms with van der Waals surface area (Å²) in [7, 11) is 0. The molecule has 0 aliphatic carbocycles. The monoisotopic (exact) mass is 327 g/mol. The van der Waals surface area contributed by atoms with Gasteiger partial charge in [-0.2, -0.15) is 0 Å². The summed E-state index contributed by atoms with van der Waals surface area (Å²) in [6.07, 6.45) is 3.60. The first kappa shape index (κ1) is 15.8. The molecule has 1 fully saturated rings. The second-order valence-electron chi connectivity index (χ2n) is 4.88. The molecule has 4 rings (SSSR count). The van der Waals surface area contributed by atoms with Crippen LogP contribution in [0.4, 0.5) is 0 Å². The Morgan fingerprint density at radius 2 is 2.36 bits per heavy atom. The van der Waals surface area contributed by atoms with Crippen molar-refractivity contribution in [3.8, 4) is 0 Å². The summed E-state index contributed by atoms with van der Waals surface area (Å²) in [4.78, 5) is 28.6. The number of amides is 1. The predicted octanol–water partition coefficient (Wildman–Crippen LogP) is -3.69. The first-order valence-corrected chi connectivity index (χ1v) is 7.35. The molecule has 9 heteroatoms. The molecule has 0 aromatic carbocycles. The van der Waals surface area contributed by atoms with Crippen LogP contribution in [0.15, 0.2) is 22.9 Å². The Bertz CT molecular complexity index is 703. The number of hydrogen-bond donors (Lipinski definition) is 0. The molecule has 1 amide bonds. The molecule has 0 saturated carbocycles. The van der Waals surface area contributed by atoms with Crippen molar-refractivity contribution in [3.63, 3.8) is 0 Å². The zero-order valence-corrected chi connectivity index (χ0v) is 14.6. The zero-order valence-electron chi connectivity index (χ0n) is 11.8. The Morgan fingerprint density at radius 3 is 3.09 bits per heavy atom. The van der Waals surface area contributed by atoms with Crippen LogP contribution >= 0.6 is 11.8 Å². The molecule has 22 heavy (non-hydrogen) atoms. The Balaban J connectivity index is 0.00000144. The number of β-lactam (4-membered cyclic amide) rings is 1. The third-order valence-electron chi connectivity index (χ3n) is 3.63. The van der Waals surface area contributed by atoms with E-state index in [-0.39, 0.29) is 46.5 Å². The maximum absolute atomic E-state index is 12.1. The second kappa shape index (κ2) is 5.86. The van der Waals surface area contributed by atoms with Crippen LogP contribution in [0.3, 0.4) is 0 Å². The van der Waals surface area contributed by atoms with Gasteiger partial charge in [0.15, 0.2) is 0 Å². The molecule has 7 nitrogen and oxygen atoms in total. The Labute approximate surface area is 152 Å². The van der Waals surface area contributed by atoms with Gasteiger partial charge >= 0.3 is 29.6 Å². The van der Waals surface area contributed by atoms with E-state index in [0.717, 1.165) is 12.4 Å². The van der Waals surface area contributed by atoms with Crippen molar-refractivity contribution in [2.24, 2.45) is 0 Å². The van der Waals surface area contributed by atoms with Gasteiger partial charge in [0.1, 0.15) is 17.8 Å². The summed E-state index contributed by atoms with van der Waals surface area (Å²) in [5, 5.41) is 12.1. The number of carbonyl (C=O) groups excluding carboxylic acids is 2. The van der Waals surface area contributed by atoms with Crippen LogP contribution in [0.5, 0.6) is 0 Å². The molecule has 1 aromatic rings. The number of rotatable bonds is 2. The molecule has 1 atom stereocenters. The maximum Gasteiger partial charge on any atom is 1.00 e. The minimum Gasteiger partial charge on any atom is -0.543 e. The number of carbonyl (C=O) groups is 2. The number of carboxylic acids is 1. The smallest absolute Gasteiger partial charge is 0.543 e. The van der Waals surface area contributed by atoms with Gasteiger partial charge in [0.05, 0.1) is 29.5 Å². The van der Waals surface area contributed by atoms with E-state index < -0.39 is 5.97 Å². The summed E-state index contributed by atoms with van der Waals surface area (Å²) in [5.41, 5.74) is 1.19. The average molecular weight is 327 g/mol. The average Bonchev–Trinajstić information content (AvgIpc) is 3.05. The van der Waals surface area contributed by atoms with Gasteiger partial charge in [0, 0.05) is 12.7 Å². The Kier molecular flexibility index (Phi) is 4.21.